The van der Waals surface area contributed by atoms with Gasteiger partial charge in [0.1, 0.15) is 12.4 Å². The zero-order valence-corrected chi connectivity index (χ0v) is 13.9. The summed E-state index contributed by atoms with van der Waals surface area (Å²) in [6, 6.07) is 14.4. The molecule has 1 heterocycles. The Morgan fingerprint density at radius 3 is 2.50 bits per heavy atom. The van der Waals surface area contributed by atoms with Crippen LogP contribution in [0, 0.1) is 6.92 Å². The average Bonchev–Trinajstić information content (AvgIpc) is 2.87. The summed E-state index contributed by atoms with van der Waals surface area (Å²) >= 11 is 5.91. The van der Waals surface area contributed by atoms with Crippen molar-refractivity contribution >= 4 is 22.5 Å². The van der Waals surface area contributed by atoms with Crippen LogP contribution in [-0.2, 0) is 6.61 Å². The lowest BCUT2D eigenvalue weighted by Crippen LogP contribution is -1.98. The number of fused-ring (bicyclic) bond motifs is 1. The molecule has 0 fully saturated rings. The fourth-order valence-electron chi connectivity index (χ4n) is 2.82. The molecule has 0 N–H and O–H groups in total. The number of aryl methyl sites for hydroxylation is 1. The van der Waals surface area contributed by atoms with Gasteiger partial charge in [-0.25, -0.2) is 0 Å². The van der Waals surface area contributed by atoms with Gasteiger partial charge in [0.25, 0.3) is 0 Å². The van der Waals surface area contributed by atoms with Crippen molar-refractivity contribution in [2.75, 3.05) is 0 Å². The van der Waals surface area contributed by atoms with Crippen LogP contribution in [0.4, 0.5) is 0 Å². The lowest BCUT2D eigenvalue weighted by atomic mass is 10.1. The summed E-state index contributed by atoms with van der Waals surface area (Å²) in [5.74, 6) is 0.837. The number of nitrogens with zero attached hydrogens (tertiary/aromatic N) is 1. The van der Waals surface area contributed by atoms with Crippen molar-refractivity contribution in [1.29, 1.82) is 0 Å². The van der Waals surface area contributed by atoms with Crippen molar-refractivity contribution < 1.29 is 4.74 Å². The van der Waals surface area contributed by atoms with E-state index in [0.29, 0.717) is 12.6 Å². The Balaban J connectivity index is 1.94. The lowest BCUT2D eigenvalue weighted by molar-refractivity contribution is 0.307. The summed E-state index contributed by atoms with van der Waals surface area (Å²) in [6.45, 7) is 7.11. The van der Waals surface area contributed by atoms with E-state index < -0.39 is 0 Å². The van der Waals surface area contributed by atoms with E-state index in [-0.39, 0.29) is 0 Å². The van der Waals surface area contributed by atoms with Gasteiger partial charge in [-0.15, -0.1) is 0 Å². The number of benzene rings is 2. The SMILES string of the molecule is Cc1cccc2c1c(COc1ccc(Cl)cc1)cn2C(C)C. The summed E-state index contributed by atoms with van der Waals surface area (Å²) in [6.07, 6.45) is 2.21. The number of aromatic nitrogens is 1. The van der Waals surface area contributed by atoms with E-state index >= 15 is 0 Å². The molecular formula is C19H20ClNO. The molecule has 0 radical (unpaired) electrons. The molecule has 1 aromatic heterocycles. The Morgan fingerprint density at radius 2 is 1.82 bits per heavy atom. The molecular weight excluding hydrogens is 294 g/mol. The molecule has 2 aromatic carbocycles. The summed E-state index contributed by atoms with van der Waals surface area (Å²) in [5, 5.41) is 2.02. The molecule has 0 saturated heterocycles. The standard InChI is InChI=1S/C19H20ClNO/c1-13(2)21-11-15(19-14(3)5-4-6-18(19)21)12-22-17-9-7-16(20)8-10-17/h4-11,13H,12H2,1-3H3. The molecule has 0 spiro atoms. The summed E-state index contributed by atoms with van der Waals surface area (Å²) < 4.78 is 8.24. The van der Waals surface area contributed by atoms with Crippen LogP contribution in [0.25, 0.3) is 10.9 Å². The predicted octanol–water partition coefficient (Wildman–Crippen LogP) is 5.76. The van der Waals surface area contributed by atoms with Crippen LogP contribution in [0.5, 0.6) is 5.75 Å². The summed E-state index contributed by atoms with van der Waals surface area (Å²) in [5.41, 5.74) is 3.77. The Labute approximate surface area is 136 Å². The van der Waals surface area contributed by atoms with E-state index in [4.69, 9.17) is 16.3 Å². The predicted molar refractivity (Wildman–Crippen MR) is 92.8 cm³/mol. The van der Waals surface area contributed by atoms with Gasteiger partial charge in [0.15, 0.2) is 0 Å². The minimum Gasteiger partial charge on any atom is -0.489 e. The van der Waals surface area contributed by atoms with Gasteiger partial charge in [-0.2, -0.15) is 0 Å². The minimum absolute atomic E-state index is 0.425. The fraction of sp³-hybridized carbons (Fsp3) is 0.263. The molecule has 2 nitrogen and oxygen atoms in total. The number of halogens is 1. The first kappa shape index (κ1) is 15.0. The second-order valence-electron chi connectivity index (χ2n) is 5.87. The molecule has 114 valence electrons. The smallest absolute Gasteiger partial charge is 0.119 e. The molecule has 3 aromatic rings. The topological polar surface area (TPSA) is 14.2 Å². The number of rotatable bonds is 4. The van der Waals surface area contributed by atoms with E-state index in [2.05, 4.69) is 49.7 Å². The second kappa shape index (κ2) is 6.05. The van der Waals surface area contributed by atoms with E-state index in [1.54, 1.807) is 0 Å². The molecule has 0 unspecified atom stereocenters. The number of ether oxygens (including phenoxy) is 1. The maximum absolute atomic E-state index is 5.93. The Hall–Kier alpha value is -1.93. The minimum atomic E-state index is 0.425. The van der Waals surface area contributed by atoms with Gasteiger partial charge in [0.05, 0.1) is 0 Å². The fourth-order valence-corrected chi connectivity index (χ4v) is 2.94. The molecule has 0 bridgehead atoms. The van der Waals surface area contributed by atoms with Gasteiger partial charge in [-0.1, -0.05) is 23.7 Å². The molecule has 0 amide bonds. The third kappa shape index (κ3) is 2.84. The van der Waals surface area contributed by atoms with E-state index in [0.717, 1.165) is 10.8 Å². The van der Waals surface area contributed by atoms with Crippen molar-refractivity contribution in [1.82, 2.24) is 4.57 Å². The van der Waals surface area contributed by atoms with Gasteiger partial charge in [0.2, 0.25) is 0 Å². The Morgan fingerprint density at radius 1 is 1.09 bits per heavy atom. The van der Waals surface area contributed by atoms with Crippen LogP contribution in [0.15, 0.2) is 48.7 Å². The highest BCUT2D eigenvalue weighted by Gasteiger charge is 2.12. The molecule has 0 saturated carbocycles. The first-order valence-corrected chi connectivity index (χ1v) is 7.91. The maximum atomic E-state index is 5.93. The van der Waals surface area contributed by atoms with Crippen molar-refractivity contribution in [3.63, 3.8) is 0 Å². The first-order chi connectivity index (χ1) is 10.6. The molecule has 3 heteroatoms. The van der Waals surface area contributed by atoms with Crippen molar-refractivity contribution in [2.45, 2.75) is 33.4 Å². The van der Waals surface area contributed by atoms with Gasteiger partial charge in [-0.05, 0) is 56.7 Å². The molecule has 0 aliphatic rings. The van der Waals surface area contributed by atoms with Crippen LogP contribution in [0.1, 0.15) is 31.0 Å². The normalized spacial score (nSPS) is 11.3. The van der Waals surface area contributed by atoms with Crippen molar-refractivity contribution in [3.05, 3.63) is 64.8 Å². The first-order valence-electron chi connectivity index (χ1n) is 7.53. The van der Waals surface area contributed by atoms with Crippen LogP contribution in [0.2, 0.25) is 5.02 Å². The summed E-state index contributed by atoms with van der Waals surface area (Å²) in [7, 11) is 0. The largest absolute Gasteiger partial charge is 0.489 e. The lowest BCUT2D eigenvalue weighted by Gasteiger charge is -2.09. The molecule has 3 rings (SSSR count). The quantitative estimate of drug-likeness (QED) is 0.597. The zero-order valence-electron chi connectivity index (χ0n) is 13.1. The zero-order chi connectivity index (χ0) is 15.7. The third-order valence-electron chi connectivity index (χ3n) is 3.91. The highest BCUT2D eigenvalue weighted by atomic mass is 35.5. The Bertz CT molecular complexity index is 787. The van der Waals surface area contributed by atoms with Crippen molar-refractivity contribution in [3.8, 4) is 5.75 Å². The van der Waals surface area contributed by atoms with E-state index in [1.165, 1.54) is 22.0 Å². The van der Waals surface area contributed by atoms with Gasteiger partial charge in [0, 0.05) is 33.7 Å². The van der Waals surface area contributed by atoms with Crippen LogP contribution in [0.3, 0.4) is 0 Å². The molecule has 0 aliphatic heterocycles. The highest BCUT2D eigenvalue weighted by molar-refractivity contribution is 6.30. The number of hydrogen-bond acceptors (Lipinski definition) is 1. The molecule has 0 atom stereocenters. The van der Waals surface area contributed by atoms with Crippen LogP contribution < -0.4 is 4.74 Å². The highest BCUT2D eigenvalue weighted by Crippen LogP contribution is 2.28. The van der Waals surface area contributed by atoms with Crippen LogP contribution >= 0.6 is 11.6 Å². The van der Waals surface area contributed by atoms with E-state index in [1.807, 2.05) is 24.3 Å². The van der Waals surface area contributed by atoms with Gasteiger partial charge < -0.3 is 9.30 Å². The maximum Gasteiger partial charge on any atom is 0.119 e. The van der Waals surface area contributed by atoms with Gasteiger partial charge in [-0.3, -0.25) is 0 Å². The summed E-state index contributed by atoms with van der Waals surface area (Å²) in [4.78, 5) is 0. The average molecular weight is 314 g/mol. The second-order valence-corrected chi connectivity index (χ2v) is 6.30. The van der Waals surface area contributed by atoms with E-state index in [9.17, 15) is 0 Å². The molecule has 22 heavy (non-hydrogen) atoms. The Kier molecular flexibility index (Phi) is 4.12. The third-order valence-corrected chi connectivity index (χ3v) is 4.16. The number of hydrogen-bond donors (Lipinski definition) is 0. The monoisotopic (exact) mass is 313 g/mol. The van der Waals surface area contributed by atoms with Crippen molar-refractivity contribution in [2.24, 2.45) is 0 Å². The van der Waals surface area contributed by atoms with Crippen LogP contribution in [-0.4, -0.2) is 4.57 Å². The van der Waals surface area contributed by atoms with Gasteiger partial charge >= 0.3 is 0 Å². The molecule has 0 aliphatic carbocycles.